The topological polar surface area (TPSA) is 67.4 Å². The largest absolute Gasteiger partial charge is 0.444 e. The number of hydrogen-bond acceptors (Lipinski definition) is 3. The molecule has 0 heterocycles. The maximum Gasteiger partial charge on any atom is 0.407 e. The standard InChI is InChI=1S/C76H6.C19H30N2O3/c1-3-5-7-9-11-13-15-17-19-21-23-25-27-29-31-33-35-37-39-41-43-45-47-49-51-53-55-57-59-61-63-65-67-69-71-73-75-76-74-72-70-68-66-64-62-60-58-56-54-52-50-48-46-44-42-40-38-36-34-32-30-28-26-24-22-20-18-16-14-12-10-8-6-4-2;1-5-15-7-9-16(10-8-15)11-12-17(22)20-13-6-14-21-18(23)24-19(2,3)4/h1-2H3;7-10H,5-6,11-14H2,1-4H3,(H,20,22)(H,21,23). The molecule has 0 saturated heterocycles. The molecule has 0 aliphatic rings. The zero-order valence-electron chi connectivity index (χ0n) is 54.3. The van der Waals surface area contributed by atoms with Crippen molar-refractivity contribution in [1.82, 2.24) is 10.6 Å². The summed E-state index contributed by atoms with van der Waals surface area (Å²) < 4.78 is 5.13. The van der Waals surface area contributed by atoms with E-state index in [0.717, 1.165) is 12.8 Å². The van der Waals surface area contributed by atoms with Crippen molar-refractivity contribution in [3.63, 3.8) is 0 Å². The van der Waals surface area contributed by atoms with Crippen LogP contribution in [0.2, 0.25) is 0 Å². The summed E-state index contributed by atoms with van der Waals surface area (Å²) in [6, 6.07) is 8.37. The van der Waals surface area contributed by atoms with E-state index in [1.165, 1.54) is 11.1 Å². The van der Waals surface area contributed by atoms with E-state index in [9.17, 15) is 9.59 Å². The van der Waals surface area contributed by atoms with Crippen molar-refractivity contribution >= 4 is 12.0 Å². The van der Waals surface area contributed by atoms with Crippen molar-refractivity contribution < 1.29 is 14.3 Å². The second kappa shape index (κ2) is 68.2. The molecule has 0 aromatic heterocycles. The predicted octanol–water partition coefficient (Wildman–Crippen LogP) is 4.36. The first-order valence-corrected chi connectivity index (χ1v) is 27.9. The average molecular weight is 1250 g/mol. The van der Waals surface area contributed by atoms with Gasteiger partial charge in [-0.05, 0) is 160 Å². The van der Waals surface area contributed by atoms with Gasteiger partial charge in [0.2, 0.25) is 5.91 Å². The summed E-state index contributed by atoms with van der Waals surface area (Å²) in [5.74, 6) is 186. The van der Waals surface area contributed by atoms with Gasteiger partial charge in [-0.2, -0.15) is 0 Å². The number of benzene rings is 1. The summed E-state index contributed by atoms with van der Waals surface area (Å²) in [5.41, 5.74) is 1.99. The quantitative estimate of drug-likeness (QED) is 0.301. The molecule has 0 atom stereocenters. The molecule has 2 N–H and O–H groups in total. The van der Waals surface area contributed by atoms with Crippen LogP contribution in [-0.4, -0.2) is 30.7 Å². The Balaban J connectivity index is 0.00000341. The van der Waals surface area contributed by atoms with Crippen molar-refractivity contribution in [2.45, 2.75) is 72.8 Å². The van der Waals surface area contributed by atoms with Gasteiger partial charge >= 0.3 is 6.09 Å². The molecular weight excluding hydrogens is 1220 g/mol. The lowest BCUT2D eigenvalue weighted by Crippen LogP contribution is -2.34. The lowest BCUT2D eigenvalue weighted by atomic mass is 10.1. The first-order valence-electron chi connectivity index (χ1n) is 27.9. The molecule has 0 radical (unpaired) electrons. The third-order valence-corrected chi connectivity index (χ3v) is 8.10. The molecule has 0 aliphatic heterocycles. The lowest BCUT2D eigenvalue weighted by Gasteiger charge is -2.19. The van der Waals surface area contributed by atoms with E-state index in [0.29, 0.717) is 25.9 Å². The fourth-order valence-electron chi connectivity index (χ4n) is 4.42. The predicted molar refractivity (Wildman–Crippen MR) is 395 cm³/mol. The summed E-state index contributed by atoms with van der Waals surface area (Å²) in [7, 11) is 0. The van der Waals surface area contributed by atoms with Crippen LogP contribution < -0.4 is 10.6 Å². The van der Waals surface area contributed by atoms with Crippen LogP contribution in [0.1, 0.15) is 65.5 Å². The lowest BCUT2D eigenvalue weighted by molar-refractivity contribution is -0.121. The normalized spacial score (nSPS) is 5.66. The second-order valence-corrected chi connectivity index (χ2v) is 16.3. The van der Waals surface area contributed by atoms with Crippen LogP contribution in [0.4, 0.5) is 4.79 Å². The van der Waals surface area contributed by atoms with E-state index in [2.05, 4.69) is 480 Å². The molecule has 0 unspecified atom stereocenters. The Kier molecular flexibility index (Phi) is 55.7. The van der Waals surface area contributed by atoms with Crippen LogP contribution >= 0.6 is 0 Å². The highest BCUT2D eigenvalue weighted by Gasteiger charge is 2.15. The number of alkyl carbamates (subject to hydrolysis) is 1. The Morgan fingerprint density at radius 1 is 0.280 bits per heavy atom. The Labute approximate surface area is 592 Å². The Morgan fingerprint density at radius 2 is 0.450 bits per heavy atom. The van der Waals surface area contributed by atoms with Crippen LogP contribution in [0.3, 0.4) is 0 Å². The first kappa shape index (κ1) is 81.7. The van der Waals surface area contributed by atoms with Crippen LogP contribution in [0, 0.1) is 438 Å². The van der Waals surface area contributed by atoms with Gasteiger partial charge in [0.15, 0.2) is 0 Å². The number of carbonyl (C=O) groups excluding carboxylic acids is 2. The molecule has 5 nitrogen and oxygen atoms in total. The van der Waals surface area contributed by atoms with E-state index >= 15 is 0 Å². The minimum Gasteiger partial charge on any atom is -0.444 e. The summed E-state index contributed by atoms with van der Waals surface area (Å²) in [4.78, 5) is 23.2. The molecule has 5 heteroatoms. The third-order valence-electron chi connectivity index (χ3n) is 8.10. The summed E-state index contributed by atoms with van der Waals surface area (Å²) in [6.45, 7) is 12.0. The fourth-order valence-corrected chi connectivity index (χ4v) is 4.42. The summed E-state index contributed by atoms with van der Waals surface area (Å²) >= 11 is 0. The minimum absolute atomic E-state index is 0.0341. The molecule has 0 aliphatic carbocycles. The fraction of sp³-hybridized carbons (Fsp3) is 0.137. The molecule has 0 fully saturated rings. The highest BCUT2D eigenvalue weighted by Crippen LogP contribution is 2.08. The minimum atomic E-state index is -0.492. The average Bonchev–Trinajstić information content (AvgIpc) is 1.04. The van der Waals surface area contributed by atoms with Gasteiger partial charge in [-0.25, -0.2) is 4.79 Å². The van der Waals surface area contributed by atoms with Crippen molar-refractivity contribution in [2.24, 2.45) is 0 Å². The second-order valence-electron chi connectivity index (χ2n) is 16.3. The number of aryl methyl sites for hydroxylation is 2. The highest BCUT2D eigenvalue weighted by atomic mass is 16.6. The molecule has 1 aromatic carbocycles. The number of hydrogen-bond donors (Lipinski definition) is 2. The molecule has 1 rings (SSSR count). The van der Waals surface area contributed by atoms with Crippen LogP contribution in [0.5, 0.6) is 0 Å². The van der Waals surface area contributed by atoms with Crippen LogP contribution in [-0.2, 0) is 22.4 Å². The molecular formula is C95H36N2O3. The molecule has 444 valence electrons. The number of carbonyl (C=O) groups is 2. The van der Waals surface area contributed by atoms with Crippen molar-refractivity contribution in [2.75, 3.05) is 13.1 Å². The van der Waals surface area contributed by atoms with E-state index in [1.807, 2.05) is 20.8 Å². The molecule has 0 spiro atoms. The van der Waals surface area contributed by atoms with Gasteiger partial charge in [0.05, 0.1) is 0 Å². The van der Waals surface area contributed by atoms with E-state index < -0.39 is 11.7 Å². The van der Waals surface area contributed by atoms with Crippen molar-refractivity contribution in [3.8, 4) is 438 Å². The van der Waals surface area contributed by atoms with Gasteiger partial charge < -0.3 is 15.4 Å². The van der Waals surface area contributed by atoms with E-state index in [1.54, 1.807) is 13.8 Å². The van der Waals surface area contributed by atoms with Gasteiger partial charge in [0.1, 0.15) is 5.60 Å². The number of ether oxygens (including phenoxy) is 1. The maximum atomic E-state index is 11.8. The van der Waals surface area contributed by atoms with E-state index in [4.69, 9.17) is 4.74 Å². The third kappa shape index (κ3) is 68.8. The van der Waals surface area contributed by atoms with Crippen molar-refractivity contribution in [3.05, 3.63) is 35.4 Å². The SMILES string of the molecule is CC#CC#CC#CC#CC#CC#CC#CC#CC#CC#CC#CC#CC#CC#CC#CC#CC#CC#CC#CC#CC#CC#CC#CC#CC#CC#CC#CC#CC#CC#CC#CC#CC#CC#CC#CC#CC#CC.CCc1ccc(CCC(=O)NCCCNC(=O)OC(C)(C)C)cc1. The molecule has 0 saturated carbocycles. The van der Waals surface area contributed by atoms with Gasteiger partial charge in [-0.3, -0.25) is 4.79 Å². The van der Waals surface area contributed by atoms with Crippen molar-refractivity contribution in [1.29, 1.82) is 0 Å². The number of rotatable bonds is 8. The first-order chi connectivity index (χ1) is 49.2. The van der Waals surface area contributed by atoms with Gasteiger partial charge in [-0.1, -0.05) is 43.0 Å². The highest BCUT2D eigenvalue weighted by molar-refractivity contribution is 5.76. The molecule has 0 bridgehead atoms. The van der Waals surface area contributed by atoms with Gasteiger partial charge in [0, 0.05) is 351 Å². The zero-order valence-corrected chi connectivity index (χ0v) is 54.3. The van der Waals surface area contributed by atoms with Gasteiger partial charge in [-0.15, -0.1) is 0 Å². The Morgan fingerprint density at radius 3 is 0.620 bits per heavy atom. The summed E-state index contributed by atoms with van der Waals surface area (Å²) in [5, 5.41) is 5.54. The van der Waals surface area contributed by atoms with Crippen LogP contribution in [0.25, 0.3) is 0 Å². The number of amides is 2. The monoisotopic (exact) mass is 1250 g/mol. The molecule has 2 amide bonds. The Bertz CT molecular complexity index is 5670. The number of nitrogens with one attached hydrogen (secondary N) is 2. The zero-order chi connectivity index (χ0) is 72.3. The Hall–Kier alpha value is -18.3. The molecule has 1 aromatic rings. The maximum absolute atomic E-state index is 11.8. The smallest absolute Gasteiger partial charge is 0.407 e. The van der Waals surface area contributed by atoms with Gasteiger partial charge in [0.25, 0.3) is 0 Å². The van der Waals surface area contributed by atoms with E-state index in [-0.39, 0.29) is 5.91 Å². The van der Waals surface area contributed by atoms with Crippen LogP contribution in [0.15, 0.2) is 24.3 Å². The molecule has 100 heavy (non-hydrogen) atoms. The summed E-state index contributed by atoms with van der Waals surface area (Å²) in [6.07, 6.45) is 2.50.